The van der Waals surface area contributed by atoms with E-state index >= 15 is 4.39 Å². The van der Waals surface area contributed by atoms with Gasteiger partial charge in [-0.25, -0.2) is 13.4 Å². The number of rotatable bonds is 5. The van der Waals surface area contributed by atoms with Gasteiger partial charge in [-0.05, 0) is 50.3 Å². The van der Waals surface area contributed by atoms with E-state index in [2.05, 4.69) is 0 Å². The Bertz CT molecular complexity index is 865. The van der Waals surface area contributed by atoms with Crippen LogP contribution in [0.25, 0.3) is 0 Å². The van der Waals surface area contributed by atoms with Crippen molar-refractivity contribution < 1.29 is 32.6 Å². The fourth-order valence-electron chi connectivity index (χ4n) is 3.31. The van der Waals surface area contributed by atoms with Gasteiger partial charge in [0.1, 0.15) is 18.0 Å². The number of aliphatic hydroxyl groups is 1. The van der Waals surface area contributed by atoms with E-state index in [9.17, 15) is 23.4 Å². The Morgan fingerprint density at radius 1 is 1.44 bits per heavy atom. The minimum Gasteiger partial charge on any atom is -0.506 e. The second-order valence-electron chi connectivity index (χ2n) is 7.53. The Hall–Kier alpha value is -1.91. The number of aryl methyl sites for hydroxylation is 1. The van der Waals surface area contributed by atoms with Crippen LogP contribution in [0.2, 0.25) is 0 Å². The van der Waals surface area contributed by atoms with Crippen molar-refractivity contribution in [2.24, 2.45) is 0 Å². The minimum atomic E-state index is -4.23. The lowest BCUT2D eigenvalue weighted by Crippen LogP contribution is -2.31. The van der Waals surface area contributed by atoms with Crippen LogP contribution >= 0.6 is 0 Å². The van der Waals surface area contributed by atoms with Crippen molar-refractivity contribution in [1.29, 1.82) is 0 Å². The molecule has 8 nitrogen and oxygen atoms in total. The van der Waals surface area contributed by atoms with Gasteiger partial charge in [-0.1, -0.05) is 0 Å². The van der Waals surface area contributed by atoms with Gasteiger partial charge in [-0.2, -0.15) is 8.42 Å². The third-order valence-electron chi connectivity index (χ3n) is 4.72. The molecule has 1 fully saturated rings. The molecule has 0 bridgehead atoms. The number of carbonyl (C=O) groups excluding carboxylic acids is 1. The summed E-state index contributed by atoms with van der Waals surface area (Å²) >= 11 is 0. The second-order valence-corrected chi connectivity index (χ2v) is 9.13. The van der Waals surface area contributed by atoms with E-state index in [1.165, 1.54) is 6.07 Å². The number of fused-ring (bicyclic) bond motifs is 1. The first-order chi connectivity index (χ1) is 12.5. The average molecular weight is 402 g/mol. The number of phenols is 1. The lowest BCUT2D eigenvalue weighted by Gasteiger charge is -2.28. The van der Waals surface area contributed by atoms with Crippen molar-refractivity contribution >= 4 is 21.8 Å². The molecule has 1 atom stereocenters. The number of hydrogen-bond donors (Lipinski definition) is 3. The molecular weight excluding hydrogens is 379 g/mol. The van der Waals surface area contributed by atoms with E-state index in [1.54, 1.807) is 18.6 Å². The quantitative estimate of drug-likeness (QED) is 0.669. The van der Waals surface area contributed by atoms with Gasteiger partial charge in [0.15, 0.2) is 5.82 Å². The Labute approximate surface area is 157 Å². The predicted octanol–water partition coefficient (Wildman–Crippen LogP) is 0.747. The van der Waals surface area contributed by atoms with Gasteiger partial charge in [0.05, 0.1) is 11.7 Å². The van der Waals surface area contributed by atoms with Crippen LogP contribution in [0.4, 0.5) is 10.1 Å². The molecule has 1 heterocycles. The molecule has 2 aliphatic rings. The molecule has 150 valence electrons. The molecule has 27 heavy (non-hydrogen) atoms. The summed E-state index contributed by atoms with van der Waals surface area (Å²) in [6, 6.07) is 1.35. The average Bonchev–Trinajstić information content (AvgIpc) is 2.79. The zero-order valence-corrected chi connectivity index (χ0v) is 16.0. The molecule has 1 unspecified atom stereocenters. The van der Waals surface area contributed by atoms with Crippen LogP contribution in [0.3, 0.4) is 0 Å². The number of aromatic hydroxyl groups is 1. The first-order valence-electron chi connectivity index (χ1n) is 8.68. The van der Waals surface area contributed by atoms with Gasteiger partial charge in [0, 0.05) is 13.0 Å². The van der Waals surface area contributed by atoms with Crippen molar-refractivity contribution in [3.8, 4) is 5.75 Å². The number of hydrogen-bond acceptors (Lipinski definition) is 6. The summed E-state index contributed by atoms with van der Waals surface area (Å²) in [5.41, 5.74) is -0.520. The zero-order chi connectivity index (χ0) is 20.0. The van der Waals surface area contributed by atoms with Crippen LogP contribution < -0.4 is 9.03 Å². The maximum atomic E-state index is 15.1. The van der Waals surface area contributed by atoms with Gasteiger partial charge in [-0.15, -0.1) is 0 Å². The highest BCUT2D eigenvalue weighted by Crippen LogP contribution is 2.39. The molecule has 1 aliphatic heterocycles. The van der Waals surface area contributed by atoms with Crippen LogP contribution in [0.5, 0.6) is 5.75 Å². The lowest BCUT2D eigenvalue weighted by molar-refractivity contribution is -0.117. The van der Waals surface area contributed by atoms with E-state index in [1.807, 2.05) is 0 Å². The summed E-state index contributed by atoms with van der Waals surface area (Å²) in [4.78, 5) is 11.4. The summed E-state index contributed by atoms with van der Waals surface area (Å²) in [6.07, 6.45) is 1.47. The highest BCUT2D eigenvalue weighted by molar-refractivity contribution is 7.92. The van der Waals surface area contributed by atoms with E-state index in [-0.39, 0.29) is 18.1 Å². The largest absolute Gasteiger partial charge is 0.506 e. The van der Waals surface area contributed by atoms with Crippen molar-refractivity contribution in [3.05, 3.63) is 23.0 Å². The number of halogens is 1. The molecular formula is C17H23FN2O6S. The highest BCUT2D eigenvalue weighted by atomic mass is 32.2. The Balaban J connectivity index is 1.85. The highest BCUT2D eigenvalue weighted by Gasteiger charge is 2.39. The van der Waals surface area contributed by atoms with Crippen LogP contribution in [0, 0.1) is 5.82 Å². The number of carbonyl (C=O) groups is 1. The summed E-state index contributed by atoms with van der Waals surface area (Å²) in [6.45, 7) is 3.08. The number of amides is 1. The number of nitrogens with zero attached hydrogens (tertiary/aromatic N) is 1. The summed E-state index contributed by atoms with van der Waals surface area (Å²) in [5, 5.41) is 19.9. The number of benzene rings is 1. The first-order valence-corrected chi connectivity index (χ1v) is 10.1. The molecule has 1 saturated heterocycles. The summed E-state index contributed by atoms with van der Waals surface area (Å²) in [7, 11) is -4.23. The van der Waals surface area contributed by atoms with Crippen LogP contribution in [0.15, 0.2) is 6.07 Å². The Morgan fingerprint density at radius 3 is 2.74 bits per heavy atom. The SMILES string of the molecule is CC(C)(O)CCOC1CCc2cc(O)c(N3CC(=O)NS3(=O)=O)c(F)c2C1. The van der Waals surface area contributed by atoms with Crippen molar-refractivity contribution in [2.45, 2.75) is 51.2 Å². The molecule has 1 aliphatic carbocycles. The van der Waals surface area contributed by atoms with Crippen molar-refractivity contribution in [3.63, 3.8) is 0 Å². The first kappa shape index (κ1) is 19.8. The zero-order valence-electron chi connectivity index (χ0n) is 15.2. The molecule has 0 spiro atoms. The molecule has 1 aromatic carbocycles. The third kappa shape index (κ3) is 4.17. The maximum Gasteiger partial charge on any atom is 0.326 e. The molecule has 10 heteroatoms. The van der Waals surface area contributed by atoms with Crippen LogP contribution in [0.1, 0.15) is 37.8 Å². The predicted molar refractivity (Wildman–Crippen MR) is 95.2 cm³/mol. The van der Waals surface area contributed by atoms with Crippen LogP contribution in [-0.2, 0) is 32.6 Å². The monoisotopic (exact) mass is 402 g/mol. The van der Waals surface area contributed by atoms with Crippen LogP contribution in [-0.4, -0.2) is 49.4 Å². The maximum absolute atomic E-state index is 15.1. The van der Waals surface area contributed by atoms with Crippen molar-refractivity contribution in [2.75, 3.05) is 17.5 Å². The molecule has 0 saturated carbocycles. The number of ether oxygens (including phenoxy) is 1. The van der Waals surface area contributed by atoms with Gasteiger partial charge >= 0.3 is 10.2 Å². The molecule has 0 radical (unpaired) electrons. The Kier molecular flexibility index (Phi) is 5.08. The normalized spacial score (nSPS) is 21.9. The van der Waals surface area contributed by atoms with E-state index in [4.69, 9.17) is 4.74 Å². The number of phenolic OH excluding ortho intramolecular Hbond substituents is 1. The fourth-order valence-corrected chi connectivity index (χ4v) is 4.47. The molecule has 1 amide bonds. The fraction of sp³-hybridized carbons (Fsp3) is 0.588. The van der Waals surface area contributed by atoms with Crippen molar-refractivity contribution in [1.82, 2.24) is 4.72 Å². The molecule has 0 aromatic heterocycles. The smallest absolute Gasteiger partial charge is 0.326 e. The Morgan fingerprint density at radius 2 is 2.15 bits per heavy atom. The lowest BCUT2D eigenvalue weighted by atomic mass is 9.88. The molecule has 3 N–H and O–H groups in total. The second kappa shape index (κ2) is 6.92. The molecule has 3 rings (SSSR count). The topological polar surface area (TPSA) is 116 Å². The van der Waals surface area contributed by atoms with Gasteiger partial charge in [-0.3, -0.25) is 4.79 Å². The minimum absolute atomic E-state index is 0.218. The number of nitrogens with one attached hydrogen (secondary N) is 1. The third-order valence-corrected chi connectivity index (χ3v) is 6.10. The van der Waals surface area contributed by atoms with Gasteiger partial charge in [0.2, 0.25) is 0 Å². The van der Waals surface area contributed by atoms with Gasteiger partial charge < -0.3 is 14.9 Å². The molecule has 1 aromatic rings. The van der Waals surface area contributed by atoms with E-state index < -0.39 is 45.5 Å². The standard InChI is InChI=1S/C17H23FN2O6S/c1-17(2,23)5-6-26-11-4-3-10-7-13(21)16(15(18)12(10)8-11)20-9-14(22)19-27(20,24)25/h7,11,21,23H,3-6,8-9H2,1-2H3,(H,19,22). The van der Waals surface area contributed by atoms with Gasteiger partial charge in [0.25, 0.3) is 5.91 Å². The van der Waals surface area contributed by atoms with E-state index in [0.29, 0.717) is 35.7 Å². The van der Waals surface area contributed by atoms with E-state index in [0.717, 1.165) is 0 Å². The summed E-state index contributed by atoms with van der Waals surface area (Å²) < 4.78 is 47.2. The summed E-state index contributed by atoms with van der Waals surface area (Å²) in [5.74, 6) is -2.17. The number of anilines is 1.